The summed E-state index contributed by atoms with van der Waals surface area (Å²) in [5.74, 6) is 3.37. The Kier molecular flexibility index (Phi) is 3.53. The molecule has 0 spiro atoms. The zero-order valence-electron chi connectivity index (χ0n) is 12.1. The molecule has 2 aliphatic carbocycles. The van der Waals surface area contributed by atoms with E-state index in [0.717, 1.165) is 43.4 Å². The van der Waals surface area contributed by atoms with Crippen molar-refractivity contribution < 1.29 is 4.74 Å². The molecular weight excluding hydrogens is 246 g/mol. The van der Waals surface area contributed by atoms with Crippen LogP contribution in [0.15, 0.2) is 30.3 Å². The van der Waals surface area contributed by atoms with E-state index in [-0.39, 0.29) is 0 Å². The Bertz CT molecular complexity index is 440. The number of rotatable bonds is 4. The predicted molar refractivity (Wildman–Crippen MR) is 80.7 cm³/mol. The summed E-state index contributed by atoms with van der Waals surface area (Å²) in [6.07, 6.45) is 5.55. The first kappa shape index (κ1) is 12.8. The van der Waals surface area contributed by atoms with Crippen molar-refractivity contribution in [3.8, 4) is 0 Å². The van der Waals surface area contributed by atoms with Crippen LogP contribution in [0.3, 0.4) is 0 Å². The molecule has 3 aliphatic rings. The highest BCUT2D eigenvalue weighted by Gasteiger charge is 2.52. The lowest BCUT2D eigenvalue weighted by molar-refractivity contribution is 0.0902. The third-order valence-corrected chi connectivity index (χ3v) is 5.78. The maximum absolute atomic E-state index is 5.50. The van der Waals surface area contributed by atoms with Crippen LogP contribution in [0.25, 0.3) is 0 Å². The molecule has 1 aromatic rings. The number of hydrogen-bond donors (Lipinski definition) is 1. The van der Waals surface area contributed by atoms with Gasteiger partial charge in [-0.05, 0) is 42.6 Å². The molecular formula is C18H25NO. The summed E-state index contributed by atoms with van der Waals surface area (Å²) < 4.78 is 5.50. The Morgan fingerprint density at radius 1 is 1.05 bits per heavy atom. The largest absolute Gasteiger partial charge is 0.381 e. The second kappa shape index (κ2) is 5.50. The van der Waals surface area contributed by atoms with Crippen LogP contribution in [0, 0.1) is 17.8 Å². The van der Waals surface area contributed by atoms with Gasteiger partial charge in [-0.1, -0.05) is 36.8 Å². The summed E-state index contributed by atoms with van der Waals surface area (Å²) in [6.45, 7) is 3.08. The normalized spacial score (nSPS) is 39.5. The Morgan fingerprint density at radius 2 is 1.90 bits per heavy atom. The highest BCUT2D eigenvalue weighted by atomic mass is 16.5. The maximum Gasteiger partial charge on any atom is 0.0507 e. The van der Waals surface area contributed by atoms with Crippen LogP contribution in [0.2, 0.25) is 0 Å². The summed E-state index contributed by atoms with van der Waals surface area (Å²) in [6, 6.07) is 11.9. The second-order valence-corrected chi connectivity index (χ2v) is 6.86. The maximum atomic E-state index is 5.50. The van der Waals surface area contributed by atoms with Crippen LogP contribution in [-0.4, -0.2) is 25.8 Å². The Hall–Kier alpha value is -0.860. The molecule has 1 aromatic carbocycles. The summed E-state index contributed by atoms with van der Waals surface area (Å²) in [5.41, 5.74) is 1.55. The fraction of sp³-hybridized carbons (Fsp3) is 0.667. The zero-order chi connectivity index (χ0) is 13.4. The van der Waals surface area contributed by atoms with Gasteiger partial charge in [0.1, 0.15) is 0 Å². The Labute approximate surface area is 121 Å². The molecule has 0 amide bonds. The first-order valence-electron chi connectivity index (χ1n) is 8.29. The molecule has 2 nitrogen and oxygen atoms in total. The lowest BCUT2D eigenvalue weighted by Crippen LogP contribution is -2.55. The van der Waals surface area contributed by atoms with Crippen molar-refractivity contribution in [2.75, 3.05) is 19.8 Å². The first-order chi connectivity index (χ1) is 9.93. The van der Waals surface area contributed by atoms with E-state index in [1.807, 2.05) is 0 Å². The van der Waals surface area contributed by atoms with E-state index in [1.165, 1.54) is 25.7 Å². The van der Waals surface area contributed by atoms with E-state index in [4.69, 9.17) is 4.74 Å². The molecule has 0 aromatic heterocycles. The molecule has 2 saturated carbocycles. The third-order valence-electron chi connectivity index (χ3n) is 5.78. The van der Waals surface area contributed by atoms with Crippen molar-refractivity contribution in [1.29, 1.82) is 0 Å². The minimum absolute atomic E-state index is 0.713. The fourth-order valence-corrected chi connectivity index (χ4v) is 4.75. The topological polar surface area (TPSA) is 21.3 Å². The van der Waals surface area contributed by atoms with Gasteiger partial charge in [0.2, 0.25) is 0 Å². The van der Waals surface area contributed by atoms with Crippen LogP contribution >= 0.6 is 0 Å². The van der Waals surface area contributed by atoms with Gasteiger partial charge >= 0.3 is 0 Å². The monoisotopic (exact) mass is 271 g/mol. The van der Waals surface area contributed by atoms with Crippen molar-refractivity contribution in [2.24, 2.45) is 17.8 Å². The quantitative estimate of drug-likeness (QED) is 0.908. The highest BCUT2D eigenvalue weighted by Crippen LogP contribution is 2.55. The molecule has 1 aliphatic heterocycles. The van der Waals surface area contributed by atoms with Crippen molar-refractivity contribution in [2.45, 2.75) is 37.6 Å². The van der Waals surface area contributed by atoms with Crippen molar-refractivity contribution >= 4 is 0 Å². The Balaban J connectivity index is 1.45. The van der Waals surface area contributed by atoms with Gasteiger partial charge in [0.25, 0.3) is 0 Å². The van der Waals surface area contributed by atoms with Gasteiger partial charge in [-0.15, -0.1) is 0 Å². The minimum Gasteiger partial charge on any atom is -0.381 e. The lowest BCUT2D eigenvalue weighted by atomic mass is 9.59. The van der Waals surface area contributed by atoms with Gasteiger partial charge in [-0.2, -0.15) is 0 Å². The van der Waals surface area contributed by atoms with E-state index in [1.54, 1.807) is 5.56 Å². The molecule has 0 unspecified atom stereocenters. The minimum atomic E-state index is 0.713. The number of benzene rings is 1. The molecule has 4 rings (SSSR count). The summed E-state index contributed by atoms with van der Waals surface area (Å²) in [7, 11) is 0. The lowest BCUT2D eigenvalue weighted by Gasteiger charge is -2.50. The van der Waals surface area contributed by atoms with Gasteiger partial charge in [-0.3, -0.25) is 0 Å². The Morgan fingerprint density at radius 3 is 2.70 bits per heavy atom. The van der Waals surface area contributed by atoms with Crippen LogP contribution < -0.4 is 5.32 Å². The molecule has 5 atom stereocenters. The van der Waals surface area contributed by atoms with E-state index in [0.29, 0.717) is 6.04 Å². The van der Waals surface area contributed by atoms with Crippen LogP contribution in [0.1, 0.15) is 37.2 Å². The van der Waals surface area contributed by atoms with E-state index < -0.39 is 0 Å². The third kappa shape index (κ3) is 2.19. The molecule has 0 radical (unpaired) electrons. The van der Waals surface area contributed by atoms with Crippen LogP contribution in [0.5, 0.6) is 0 Å². The van der Waals surface area contributed by atoms with Gasteiger partial charge in [0, 0.05) is 25.1 Å². The van der Waals surface area contributed by atoms with Gasteiger partial charge in [0.15, 0.2) is 0 Å². The van der Waals surface area contributed by atoms with Crippen LogP contribution in [-0.2, 0) is 4.74 Å². The number of hydrogen-bond acceptors (Lipinski definition) is 2. The molecule has 0 bridgehead atoms. The van der Waals surface area contributed by atoms with Crippen LogP contribution in [0.4, 0.5) is 0 Å². The van der Waals surface area contributed by atoms with E-state index in [9.17, 15) is 0 Å². The van der Waals surface area contributed by atoms with Gasteiger partial charge < -0.3 is 10.1 Å². The molecule has 20 heavy (non-hydrogen) atoms. The molecule has 108 valence electrons. The SMILES string of the molecule is c1ccc([C@@H]2[C@@H]3CCC[C@@H]3[C@H]2NC[C@H]2CCOC2)cc1. The van der Waals surface area contributed by atoms with E-state index >= 15 is 0 Å². The summed E-state index contributed by atoms with van der Waals surface area (Å²) in [5, 5.41) is 3.90. The molecule has 1 N–H and O–H groups in total. The van der Waals surface area contributed by atoms with Crippen molar-refractivity contribution in [3.63, 3.8) is 0 Å². The number of ether oxygens (including phenoxy) is 1. The fourth-order valence-electron chi connectivity index (χ4n) is 4.75. The number of fused-ring (bicyclic) bond motifs is 1. The standard InChI is InChI=1S/C18H25NO/c1-2-5-14(6-3-1)17-15-7-4-8-16(15)18(17)19-11-13-9-10-20-12-13/h1-3,5-6,13,15-19H,4,7-12H2/t13-,15-,16+,17-,18-/m1/s1. The van der Waals surface area contributed by atoms with E-state index in [2.05, 4.69) is 35.6 Å². The highest BCUT2D eigenvalue weighted by molar-refractivity contribution is 5.28. The average Bonchev–Trinajstić information content (AvgIpc) is 3.11. The average molecular weight is 271 g/mol. The second-order valence-electron chi connectivity index (χ2n) is 6.86. The molecule has 3 fully saturated rings. The predicted octanol–water partition coefficient (Wildman–Crippen LogP) is 3.19. The van der Waals surface area contributed by atoms with Crippen molar-refractivity contribution in [1.82, 2.24) is 5.32 Å². The zero-order valence-corrected chi connectivity index (χ0v) is 12.1. The van der Waals surface area contributed by atoms with Gasteiger partial charge in [-0.25, -0.2) is 0 Å². The summed E-state index contributed by atoms with van der Waals surface area (Å²) in [4.78, 5) is 0. The molecule has 1 heterocycles. The van der Waals surface area contributed by atoms with Crippen molar-refractivity contribution in [3.05, 3.63) is 35.9 Å². The number of nitrogens with one attached hydrogen (secondary N) is 1. The van der Waals surface area contributed by atoms with Gasteiger partial charge in [0.05, 0.1) is 6.61 Å². The molecule has 2 heteroatoms. The summed E-state index contributed by atoms with van der Waals surface area (Å²) >= 11 is 0. The first-order valence-corrected chi connectivity index (χ1v) is 8.29. The smallest absolute Gasteiger partial charge is 0.0507 e. The molecule has 1 saturated heterocycles.